The first-order valence-electron chi connectivity index (χ1n) is 11.1. The Balaban J connectivity index is 1.75. The van der Waals surface area contributed by atoms with Crippen molar-refractivity contribution in [3.63, 3.8) is 0 Å². The fourth-order valence-electron chi connectivity index (χ4n) is 4.81. The van der Waals surface area contributed by atoms with E-state index in [0.29, 0.717) is 29.9 Å². The molecule has 7 heteroatoms. The van der Waals surface area contributed by atoms with E-state index in [-0.39, 0.29) is 17.5 Å². The van der Waals surface area contributed by atoms with Crippen LogP contribution in [0.25, 0.3) is 0 Å². The lowest BCUT2D eigenvalue weighted by atomic mass is 9.69. The summed E-state index contributed by atoms with van der Waals surface area (Å²) in [6, 6.07) is 15.2. The zero-order chi connectivity index (χ0) is 24.4. The van der Waals surface area contributed by atoms with Gasteiger partial charge in [-0.05, 0) is 54.7 Å². The molecule has 1 heterocycles. The molecule has 2 aliphatic rings. The van der Waals surface area contributed by atoms with E-state index < -0.39 is 17.8 Å². The van der Waals surface area contributed by atoms with E-state index in [1.807, 2.05) is 31.2 Å². The summed E-state index contributed by atoms with van der Waals surface area (Å²) in [4.78, 5) is 29.6. The van der Waals surface area contributed by atoms with Crippen LogP contribution in [0.4, 0.5) is 0 Å². The average Bonchev–Trinajstić information content (AvgIpc) is 2.83. The lowest BCUT2D eigenvalue weighted by Gasteiger charge is -2.35. The van der Waals surface area contributed by atoms with Crippen molar-refractivity contribution < 1.29 is 23.8 Å². The lowest BCUT2D eigenvalue weighted by molar-refractivity contribution is -0.132. The summed E-state index contributed by atoms with van der Waals surface area (Å²) < 4.78 is 15.9. The van der Waals surface area contributed by atoms with Crippen LogP contribution in [0.15, 0.2) is 58.7 Å². The molecule has 1 aliphatic carbocycles. The van der Waals surface area contributed by atoms with Crippen molar-refractivity contribution in [3.05, 3.63) is 64.9 Å². The molecule has 0 saturated carbocycles. The fraction of sp³-hybridized carbons (Fsp3) is 0.333. The number of allylic oxidation sites excluding steroid dienone is 2. The zero-order valence-corrected chi connectivity index (χ0v) is 19.6. The largest absolute Gasteiger partial charge is 0.497 e. The summed E-state index contributed by atoms with van der Waals surface area (Å²) in [7, 11) is 3.10. The number of carbonyl (C=O) groups excluding carboxylic acids is 2. The molecule has 1 unspecified atom stereocenters. The highest BCUT2D eigenvalue weighted by Gasteiger charge is 2.41. The minimum Gasteiger partial charge on any atom is -0.497 e. The number of methoxy groups -OCH3 is 2. The van der Waals surface area contributed by atoms with Gasteiger partial charge in [0.25, 0.3) is 0 Å². The van der Waals surface area contributed by atoms with Crippen LogP contribution < -0.4 is 14.2 Å². The minimum absolute atomic E-state index is 0.00778. The molecule has 0 bridgehead atoms. The Morgan fingerprint density at radius 1 is 1.03 bits per heavy atom. The third kappa shape index (κ3) is 4.32. The first kappa shape index (κ1) is 23.2. The number of carbonyl (C=O) groups is 2. The smallest absolute Gasteiger partial charge is 0.308 e. The summed E-state index contributed by atoms with van der Waals surface area (Å²) in [5.74, 6) is -0.0885. The van der Waals surface area contributed by atoms with Crippen molar-refractivity contribution >= 4 is 17.5 Å². The van der Waals surface area contributed by atoms with Crippen LogP contribution in [-0.4, -0.2) is 31.7 Å². The van der Waals surface area contributed by atoms with Crippen LogP contribution in [-0.2, 0) is 9.59 Å². The molecule has 174 valence electrons. The van der Waals surface area contributed by atoms with Gasteiger partial charge in [0.2, 0.25) is 0 Å². The van der Waals surface area contributed by atoms with Gasteiger partial charge in [-0.1, -0.05) is 18.2 Å². The van der Waals surface area contributed by atoms with E-state index >= 15 is 0 Å². The molecule has 34 heavy (non-hydrogen) atoms. The van der Waals surface area contributed by atoms with E-state index in [1.165, 1.54) is 14.0 Å². The normalized spacial score (nSPS) is 21.8. The standard InChI is InChI=1S/C27H26N2O5/c1-15-21(14-28)26(18-7-10-24(34-16(2)30)25(13-18)33-4)27-22(29-15)11-19(12-23(27)31)17-5-8-20(32-3)9-6-17/h5-10,13,19,21,26H,11-12H2,1-4H3/t19-,21?,26+/m1/s1. The van der Waals surface area contributed by atoms with Crippen LogP contribution in [0, 0.1) is 17.2 Å². The van der Waals surface area contributed by atoms with E-state index in [4.69, 9.17) is 19.2 Å². The quantitative estimate of drug-likeness (QED) is 0.475. The van der Waals surface area contributed by atoms with Gasteiger partial charge in [0.1, 0.15) is 5.75 Å². The number of ketones is 1. The van der Waals surface area contributed by atoms with Crippen molar-refractivity contribution in [2.24, 2.45) is 10.9 Å². The molecule has 0 spiro atoms. The third-order valence-corrected chi connectivity index (χ3v) is 6.42. The Morgan fingerprint density at radius 3 is 2.35 bits per heavy atom. The van der Waals surface area contributed by atoms with Gasteiger partial charge in [0.05, 0.1) is 26.2 Å². The maximum atomic E-state index is 13.5. The molecular formula is C27H26N2O5. The van der Waals surface area contributed by atoms with Crippen LogP contribution in [0.3, 0.4) is 0 Å². The molecule has 7 nitrogen and oxygen atoms in total. The topological polar surface area (TPSA) is 98.0 Å². The second kappa shape index (κ2) is 9.52. The number of rotatable bonds is 5. The van der Waals surface area contributed by atoms with Crippen LogP contribution >= 0.6 is 0 Å². The molecule has 4 rings (SSSR count). The third-order valence-electron chi connectivity index (χ3n) is 6.42. The fourth-order valence-corrected chi connectivity index (χ4v) is 4.81. The molecule has 0 aromatic heterocycles. The highest BCUT2D eigenvalue weighted by atomic mass is 16.6. The van der Waals surface area contributed by atoms with Gasteiger partial charge in [0, 0.05) is 36.2 Å². The van der Waals surface area contributed by atoms with Gasteiger partial charge in [-0.3, -0.25) is 14.6 Å². The molecule has 0 fully saturated rings. The Morgan fingerprint density at radius 2 is 1.74 bits per heavy atom. The summed E-state index contributed by atoms with van der Waals surface area (Å²) in [5, 5.41) is 9.97. The van der Waals surface area contributed by atoms with Gasteiger partial charge in [-0.2, -0.15) is 5.26 Å². The van der Waals surface area contributed by atoms with Crippen molar-refractivity contribution in [2.45, 2.75) is 38.5 Å². The van der Waals surface area contributed by atoms with E-state index in [1.54, 1.807) is 25.3 Å². The minimum atomic E-state index is -0.579. The molecule has 0 radical (unpaired) electrons. The molecule has 0 amide bonds. The van der Waals surface area contributed by atoms with E-state index in [9.17, 15) is 14.9 Å². The molecule has 1 aliphatic heterocycles. The summed E-state index contributed by atoms with van der Waals surface area (Å²) in [5.41, 5.74) is 3.80. The number of aliphatic imine (C=N–C) groups is 1. The highest BCUT2D eigenvalue weighted by molar-refractivity contribution is 6.03. The summed E-state index contributed by atoms with van der Waals surface area (Å²) in [6.45, 7) is 3.15. The Kier molecular flexibility index (Phi) is 6.51. The SMILES string of the molecule is COc1ccc([C@H]2CC(=O)C3=C(C2)N=C(C)C(C#N)[C@@H]3c2ccc(OC(C)=O)c(OC)c2)cc1. The first-order valence-corrected chi connectivity index (χ1v) is 11.1. The first-order chi connectivity index (χ1) is 16.4. The molecule has 0 N–H and O–H groups in total. The lowest BCUT2D eigenvalue weighted by Crippen LogP contribution is -2.32. The zero-order valence-electron chi connectivity index (χ0n) is 19.6. The number of hydrogen-bond acceptors (Lipinski definition) is 7. The van der Waals surface area contributed by atoms with Crippen molar-refractivity contribution in [1.82, 2.24) is 0 Å². The average molecular weight is 459 g/mol. The Bertz CT molecular complexity index is 1240. The van der Waals surface area contributed by atoms with Crippen LogP contribution in [0.5, 0.6) is 17.2 Å². The maximum absolute atomic E-state index is 13.5. The van der Waals surface area contributed by atoms with Gasteiger partial charge in [0.15, 0.2) is 17.3 Å². The number of Topliss-reactive ketones (excluding diaryl/α,β-unsaturated/α-hetero) is 1. The second-order valence-electron chi connectivity index (χ2n) is 8.50. The molecule has 2 aromatic carbocycles. The van der Waals surface area contributed by atoms with Crippen molar-refractivity contribution in [3.8, 4) is 23.3 Å². The second-order valence-corrected chi connectivity index (χ2v) is 8.50. The van der Waals surface area contributed by atoms with Crippen molar-refractivity contribution in [2.75, 3.05) is 14.2 Å². The number of esters is 1. The molecular weight excluding hydrogens is 432 g/mol. The van der Waals surface area contributed by atoms with Gasteiger partial charge < -0.3 is 14.2 Å². The van der Waals surface area contributed by atoms with Crippen LogP contribution in [0.2, 0.25) is 0 Å². The summed E-state index contributed by atoms with van der Waals surface area (Å²) >= 11 is 0. The monoisotopic (exact) mass is 458 g/mol. The van der Waals surface area contributed by atoms with Gasteiger partial charge >= 0.3 is 5.97 Å². The molecule has 3 atom stereocenters. The van der Waals surface area contributed by atoms with Gasteiger partial charge in [-0.15, -0.1) is 0 Å². The number of nitrogens with zero attached hydrogens (tertiary/aromatic N) is 2. The summed E-state index contributed by atoms with van der Waals surface area (Å²) in [6.07, 6.45) is 0.957. The Hall–Kier alpha value is -3.92. The molecule has 2 aromatic rings. The number of nitriles is 1. The molecule has 0 saturated heterocycles. The highest BCUT2D eigenvalue weighted by Crippen LogP contribution is 2.47. The number of benzene rings is 2. The Labute approximate surface area is 198 Å². The maximum Gasteiger partial charge on any atom is 0.308 e. The number of ether oxygens (including phenoxy) is 3. The van der Waals surface area contributed by atoms with E-state index in [0.717, 1.165) is 22.6 Å². The van der Waals surface area contributed by atoms with E-state index in [2.05, 4.69) is 6.07 Å². The predicted molar refractivity (Wildman–Crippen MR) is 126 cm³/mol. The predicted octanol–water partition coefficient (Wildman–Crippen LogP) is 4.73. The number of hydrogen-bond donors (Lipinski definition) is 0. The van der Waals surface area contributed by atoms with Crippen LogP contribution in [0.1, 0.15) is 49.7 Å². The van der Waals surface area contributed by atoms with Crippen molar-refractivity contribution in [1.29, 1.82) is 5.26 Å². The van der Waals surface area contributed by atoms with Gasteiger partial charge in [-0.25, -0.2) is 0 Å².